The van der Waals surface area contributed by atoms with Crippen molar-refractivity contribution in [1.82, 2.24) is 15.3 Å². The van der Waals surface area contributed by atoms with E-state index in [2.05, 4.69) is 39.8 Å². The van der Waals surface area contributed by atoms with Crippen molar-refractivity contribution >= 4 is 34.2 Å². The summed E-state index contributed by atoms with van der Waals surface area (Å²) in [6.07, 6.45) is 2.45. The molecule has 1 aliphatic carbocycles. The molecule has 0 bridgehead atoms. The molecule has 4 N–H and O–H groups in total. The number of aromatic amines is 1. The number of nitrogens with zero attached hydrogens (tertiary/aromatic N) is 1. The SMILES string of the molecule is COc1cc2c(c(OC)c1OC)-c1ccc(N[C@@H](CC(C)C)C(=O)Nc3ccc4nc(CC(C)C)[nH]c4c3)c(=O)cc1[C@@H](NC(C)=O)CC2. The number of aryl methyl sites for hydroxylation is 1. The summed E-state index contributed by atoms with van der Waals surface area (Å²) in [5.74, 6) is 2.48. The van der Waals surface area contributed by atoms with Crippen LogP contribution in [0.15, 0.2) is 47.3 Å². The van der Waals surface area contributed by atoms with Gasteiger partial charge in [-0.3, -0.25) is 14.4 Å². The van der Waals surface area contributed by atoms with E-state index in [1.807, 2.05) is 44.2 Å². The minimum absolute atomic E-state index is 0.156. The summed E-state index contributed by atoms with van der Waals surface area (Å²) in [5.41, 5.74) is 5.31. The first kappa shape index (κ1) is 35.3. The zero-order chi connectivity index (χ0) is 35.4. The maximum Gasteiger partial charge on any atom is 0.246 e. The Hall–Kier alpha value is -5.06. The zero-order valence-corrected chi connectivity index (χ0v) is 29.6. The van der Waals surface area contributed by atoms with Gasteiger partial charge in [-0.25, -0.2) is 4.98 Å². The van der Waals surface area contributed by atoms with Gasteiger partial charge in [-0.1, -0.05) is 33.8 Å². The second-order valence-corrected chi connectivity index (χ2v) is 13.4. The molecule has 1 aliphatic rings. The van der Waals surface area contributed by atoms with Gasteiger partial charge in [0.25, 0.3) is 0 Å². The molecule has 4 aromatic rings. The predicted molar refractivity (Wildman–Crippen MR) is 193 cm³/mol. The number of carbonyl (C=O) groups excluding carboxylic acids is 2. The van der Waals surface area contributed by atoms with E-state index >= 15 is 0 Å². The van der Waals surface area contributed by atoms with E-state index in [0.29, 0.717) is 59.2 Å². The van der Waals surface area contributed by atoms with Crippen molar-refractivity contribution in [3.8, 4) is 28.4 Å². The molecule has 0 spiro atoms. The summed E-state index contributed by atoms with van der Waals surface area (Å²) in [5, 5.41) is 9.33. The molecule has 11 nitrogen and oxygen atoms in total. The summed E-state index contributed by atoms with van der Waals surface area (Å²) < 4.78 is 17.2. The molecule has 260 valence electrons. The lowest BCUT2D eigenvalue weighted by atomic mass is 9.95. The molecule has 2 atom stereocenters. The second-order valence-electron chi connectivity index (χ2n) is 13.4. The normalized spacial score (nSPS) is 14.4. The molecular weight excluding hydrogens is 622 g/mol. The number of anilines is 2. The molecule has 0 aliphatic heterocycles. The second kappa shape index (κ2) is 15.0. The minimum Gasteiger partial charge on any atom is -0.493 e. The number of hydrogen-bond donors (Lipinski definition) is 4. The fourth-order valence-electron chi connectivity index (χ4n) is 6.57. The van der Waals surface area contributed by atoms with Crippen LogP contribution in [0, 0.1) is 11.8 Å². The molecule has 11 heteroatoms. The van der Waals surface area contributed by atoms with E-state index in [1.165, 1.54) is 6.92 Å². The lowest BCUT2D eigenvalue weighted by molar-refractivity contribution is -0.120. The number of nitrogens with one attached hydrogen (secondary N) is 4. The molecule has 1 heterocycles. The van der Waals surface area contributed by atoms with E-state index in [4.69, 9.17) is 14.2 Å². The van der Waals surface area contributed by atoms with Gasteiger partial charge in [0.1, 0.15) is 11.9 Å². The molecule has 1 aromatic heterocycles. The third kappa shape index (κ3) is 7.82. The average molecular weight is 670 g/mol. The van der Waals surface area contributed by atoms with Crippen LogP contribution in [0.25, 0.3) is 22.2 Å². The first-order valence-corrected chi connectivity index (χ1v) is 16.8. The lowest BCUT2D eigenvalue weighted by Gasteiger charge is -2.20. The monoisotopic (exact) mass is 669 g/mol. The quantitative estimate of drug-likeness (QED) is 0.136. The number of benzene rings is 2. The summed E-state index contributed by atoms with van der Waals surface area (Å²) in [6.45, 7) is 9.81. The van der Waals surface area contributed by atoms with Gasteiger partial charge >= 0.3 is 0 Å². The van der Waals surface area contributed by atoms with Crippen LogP contribution in [-0.2, 0) is 22.4 Å². The van der Waals surface area contributed by atoms with Crippen LogP contribution >= 0.6 is 0 Å². The van der Waals surface area contributed by atoms with Crippen molar-refractivity contribution in [3.63, 3.8) is 0 Å². The Morgan fingerprint density at radius 2 is 1.71 bits per heavy atom. The van der Waals surface area contributed by atoms with Crippen LogP contribution in [0.4, 0.5) is 11.4 Å². The molecule has 0 radical (unpaired) electrons. The number of hydrogen-bond acceptors (Lipinski definition) is 8. The Kier molecular flexibility index (Phi) is 10.8. The van der Waals surface area contributed by atoms with Gasteiger partial charge in [-0.05, 0) is 84.2 Å². The maximum absolute atomic E-state index is 14.0. The summed E-state index contributed by atoms with van der Waals surface area (Å²) >= 11 is 0. The standard InChI is InChI=1S/C38H47N5O6/c1-20(2)15-31(38(46)40-24-10-13-28-30(18-24)43-34(42-28)16-21(3)4)41-29-14-11-25-26(19-32(29)45)27(39-22(5)44)12-9-23-17-33(47-6)36(48-7)37(49-8)35(23)25/h10-11,13-14,17-21,27,31H,9,12,15-16H2,1-8H3,(H,39,44)(H,40,46)(H,41,45)(H,42,43)/t27-,31-/m0/s1. The van der Waals surface area contributed by atoms with Crippen molar-refractivity contribution in [2.24, 2.45) is 11.8 Å². The van der Waals surface area contributed by atoms with Crippen LogP contribution in [-0.4, -0.2) is 49.2 Å². The number of imidazole rings is 1. The predicted octanol–water partition coefficient (Wildman–Crippen LogP) is 6.40. The van der Waals surface area contributed by atoms with Crippen molar-refractivity contribution in [1.29, 1.82) is 0 Å². The Morgan fingerprint density at radius 1 is 0.959 bits per heavy atom. The van der Waals surface area contributed by atoms with Crippen LogP contribution in [0.3, 0.4) is 0 Å². The number of carbonyl (C=O) groups is 2. The third-order valence-corrected chi connectivity index (χ3v) is 8.67. The smallest absolute Gasteiger partial charge is 0.246 e. The highest BCUT2D eigenvalue weighted by Crippen LogP contribution is 2.50. The molecule has 2 amide bonds. The van der Waals surface area contributed by atoms with Crippen LogP contribution in [0.5, 0.6) is 17.2 Å². The Bertz CT molecular complexity index is 1920. The van der Waals surface area contributed by atoms with E-state index < -0.39 is 12.1 Å². The van der Waals surface area contributed by atoms with Gasteiger partial charge in [0.05, 0.1) is 44.1 Å². The average Bonchev–Trinajstić information content (AvgIpc) is 3.29. The number of methoxy groups -OCH3 is 3. The summed E-state index contributed by atoms with van der Waals surface area (Å²) in [6, 6.07) is 11.5. The largest absolute Gasteiger partial charge is 0.493 e. The van der Waals surface area contributed by atoms with E-state index in [1.54, 1.807) is 33.5 Å². The van der Waals surface area contributed by atoms with Crippen molar-refractivity contribution < 1.29 is 23.8 Å². The zero-order valence-electron chi connectivity index (χ0n) is 29.6. The van der Waals surface area contributed by atoms with Crippen molar-refractivity contribution in [3.05, 3.63) is 69.6 Å². The molecule has 0 saturated carbocycles. The van der Waals surface area contributed by atoms with E-state index in [0.717, 1.165) is 34.4 Å². The molecular formula is C38H47N5O6. The van der Waals surface area contributed by atoms with Gasteiger partial charge in [0.15, 0.2) is 11.5 Å². The van der Waals surface area contributed by atoms with Gasteiger partial charge < -0.3 is 35.1 Å². The minimum atomic E-state index is -0.707. The topological polar surface area (TPSA) is 144 Å². The summed E-state index contributed by atoms with van der Waals surface area (Å²) in [7, 11) is 4.68. The van der Waals surface area contributed by atoms with Gasteiger partial charge in [0, 0.05) is 24.6 Å². The number of H-pyrrole nitrogens is 1. The number of ether oxygens (including phenoxy) is 3. The van der Waals surface area contributed by atoms with E-state index in [-0.39, 0.29) is 28.8 Å². The van der Waals surface area contributed by atoms with Crippen molar-refractivity contribution in [2.75, 3.05) is 32.0 Å². The van der Waals surface area contributed by atoms with E-state index in [9.17, 15) is 14.4 Å². The fourth-order valence-corrected chi connectivity index (χ4v) is 6.57. The highest BCUT2D eigenvalue weighted by atomic mass is 16.5. The maximum atomic E-state index is 14.0. The lowest BCUT2D eigenvalue weighted by Crippen LogP contribution is -2.37. The Labute approximate surface area is 287 Å². The van der Waals surface area contributed by atoms with Gasteiger partial charge in [-0.15, -0.1) is 0 Å². The molecule has 5 rings (SSSR count). The van der Waals surface area contributed by atoms with Crippen LogP contribution < -0.4 is 35.6 Å². The molecule has 49 heavy (non-hydrogen) atoms. The fraction of sp³-hybridized carbons (Fsp3) is 0.421. The first-order valence-electron chi connectivity index (χ1n) is 16.8. The Morgan fingerprint density at radius 3 is 2.37 bits per heavy atom. The number of aromatic nitrogens is 2. The van der Waals surface area contributed by atoms with Gasteiger partial charge in [-0.2, -0.15) is 0 Å². The Balaban J connectivity index is 1.54. The number of rotatable bonds is 12. The summed E-state index contributed by atoms with van der Waals surface area (Å²) in [4.78, 5) is 48.1. The van der Waals surface area contributed by atoms with Crippen LogP contribution in [0.2, 0.25) is 0 Å². The van der Waals surface area contributed by atoms with Crippen molar-refractivity contribution in [2.45, 2.75) is 72.4 Å². The van der Waals surface area contributed by atoms with Crippen LogP contribution in [0.1, 0.15) is 70.5 Å². The number of amides is 2. The molecule has 0 saturated heterocycles. The van der Waals surface area contributed by atoms with Gasteiger partial charge in [0.2, 0.25) is 23.0 Å². The highest BCUT2D eigenvalue weighted by Gasteiger charge is 2.30. The molecule has 0 unspecified atom stereocenters. The molecule has 0 fully saturated rings. The molecule has 3 aromatic carbocycles. The first-order chi connectivity index (χ1) is 23.4. The number of fused-ring (bicyclic) bond motifs is 4. The highest BCUT2D eigenvalue weighted by molar-refractivity contribution is 5.98. The third-order valence-electron chi connectivity index (χ3n) is 8.67.